The standard InChI is InChI=1S/C22H23N3O3/c1-15-4-6-16(7-5-15)14-24-17-10-11-23-19(12-17)22(26)25-18-8-9-20(27-2)21(13-18)28-3/h4-13H,14H2,1-3H3,(H,23,24)(H,25,26). The first-order valence-electron chi connectivity index (χ1n) is 8.88. The number of carbonyl (C=O) groups is 1. The Bertz CT molecular complexity index is 955. The maximum absolute atomic E-state index is 12.6. The van der Waals surface area contributed by atoms with Gasteiger partial charge in [-0.3, -0.25) is 9.78 Å². The lowest BCUT2D eigenvalue weighted by atomic mass is 10.1. The van der Waals surface area contributed by atoms with Crippen molar-refractivity contribution in [3.05, 3.63) is 77.6 Å². The van der Waals surface area contributed by atoms with E-state index in [9.17, 15) is 4.79 Å². The van der Waals surface area contributed by atoms with Crippen LogP contribution in [0.15, 0.2) is 60.8 Å². The van der Waals surface area contributed by atoms with Crippen molar-refractivity contribution < 1.29 is 14.3 Å². The van der Waals surface area contributed by atoms with Crippen LogP contribution in [0.25, 0.3) is 0 Å². The molecule has 1 heterocycles. The molecule has 2 N–H and O–H groups in total. The number of ether oxygens (including phenoxy) is 2. The van der Waals surface area contributed by atoms with Gasteiger partial charge in [-0.05, 0) is 36.8 Å². The van der Waals surface area contributed by atoms with E-state index in [4.69, 9.17) is 9.47 Å². The fourth-order valence-electron chi connectivity index (χ4n) is 2.68. The van der Waals surface area contributed by atoms with E-state index in [0.29, 0.717) is 29.4 Å². The summed E-state index contributed by atoms with van der Waals surface area (Å²) in [7, 11) is 3.11. The fraction of sp³-hybridized carbons (Fsp3) is 0.182. The van der Waals surface area contributed by atoms with E-state index in [1.165, 1.54) is 11.1 Å². The highest BCUT2D eigenvalue weighted by atomic mass is 16.5. The molecule has 0 fully saturated rings. The topological polar surface area (TPSA) is 72.5 Å². The maximum Gasteiger partial charge on any atom is 0.274 e. The van der Waals surface area contributed by atoms with Crippen molar-refractivity contribution in [1.29, 1.82) is 0 Å². The minimum Gasteiger partial charge on any atom is -0.493 e. The summed E-state index contributed by atoms with van der Waals surface area (Å²) in [6, 6.07) is 17.1. The summed E-state index contributed by atoms with van der Waals surface area (Å²) >= 11 is 0. The zero-order valence-corrected chi connectivity index (χ0v) is 16.2. The third-order valence-electron chi connectivity index (χ3n) is 4.25. The summed E-state index contributed by atoms with van der Waals surface area (Å²) in [4.78, 5) is 16.7. The lowest BCUT2D eigenvalue weighted by molar-refractivity contribution is 0.102. The van der Waals surface area contributed by atoms with Crippen LogP contribution in [0.1, 0.15) is 21.6 Å². The van der Waals surface area contributed by atoms with Gasteiger partial charge < -0.3 is 20.1 Å². The Kier molecular flexibility index (Phi) is 6.11. The molecule has 0 aliphatic carbocycles. The number of pyridine rings is 1. The Morgan fingerprint density at radius 3 is 2.39 bits per heavy atom. The fourth-order valence-corrected chi connectivity index (χ4v) is 2.68. The van der Waals surface area contributed by atoms with Gasteiger partial charge >= 0.3 is 0 Å². The van der Waals surface area contributed by atoms with Gasteiger partial charge in [-0.1, -0.05) is 29.8 Å². The van der Waals surface area contributed by atoms with E-state index in [1.807, 2.05) is 6.07 Å². The number of rotatable bonds is 7. The van der Waals surface area contributed by atoms with Gasteiger partial charge in [-0.25, -0.2) is 0 Å². The molecule has 3 rings (SSSR count). The molecule has 1 amide bonds. The molecule has 0 radical (unpaired) electrons. The molecule has 6 heteroatoms. The minimum atomic E-state index is -0.300. The number of aromatic nitrogens is 1. The van der Waals surface area contributed by atoms with Gasteiger partial charge in [-0.15, -0.1) is 0 Å². The number of hydrogen-bond donors (Lipinski definition) is 2. The molecule has 2 aromatic carbocycles. The van der Waals surface area contributed by atoms with Gasteiger partial charge in [0, 0.05) is 30.2 Å². The monoisotopic (exact) mass is 377 g/mol. The Balaban J connectivity index is 1.67. The SMILES string of the molecule is COc1ccc(NC(=O)c2cc(NCc3ccc(C)cc3)ccn2)cc1OC. The average Bonchev–Trinajstić information content (AvgIpc) is 2.73. The van der Waals surface area contributed by atoms with E-state index in [2.05, 4.69) is 46.8 Å². The van der Waals surface area contributed by atoms with Crippen molar-refractivity contribution >= 4 is 17.3 Å². The van der Waals surface area contributed by atoms with Crippen molar-refractivity contribution in [2.24, 2.45) is 0 Å². The highest BCUT2D eigenvalue weighted by molar-refractivity contribution is 6.03. The molecule has 0 saturated carbocycles. The summed E-state index contributed by atoms with van der Waals surface area (Å²) in [6.07, 6.45) is 1.61. The highest BCUT2D eigenvalue weighted by Crippen LogP contribution is 2.29. The number of anilines is 2. The van der Waals surface area contributed by atoms with Gasteiger partial charge in [0.05, 0.1) is 14.2 Å². The van der Waals surface area contributed by atoms with Crippen LogP contribution in [-0.4, -0.2) is 25.1 Å². The molecule has 144 valence electrons. The molecule has 0 aliphatic heterocycles. The van der Waals surface area contributed by atoms with E-state index < -0.39 is 0 Å². The Hall–Kier alpha value is -3.54. The molecule has 6 nitrogen and oxygen atoms in total. The molecule has 0 spiro atoms. The largest absolute Gasteiger partial charge is 0.493 e. The van der Waals surface area contributed by atoms with Crippen molar-refractivity contribution in [3.63, 3.8) is 0 Å². The van der Waals surface area contributed by atoms with Crippen LogP contribution in [0.4, 0.5) is 11.4 Å². The van der Waals surface area contributed by atoms with Crippen LogP contribution in [0, 0.1) is 6.92 Å². The van der Waals surface area contributed by atoms with Crippen LogP contribution in [0.3, 0.4) is 0 Å². The number of aryl methyl sites for hydroxylation is 1. The second-order valence-corrected chi connectivity index (χ2v) is 6.29. The summed E-state index contributed by atoms with van der Waals surface area (Å²) in [5.41, 5.74) is 4.14. The number of benzene rings is 2. The Morgan fingerprint density at radius 2 is 1.68 bits per heavy atom. The number of methoxy groups -OCH3 is 2. The molecule has 0 atom stereocenters. The Morgan fingerprint density at radius 1 is 0.929 bits per heavy atom. The maximum atomic E-state index is 12.6. The van der Waals surface area contributed by atoms with Crippen LogP contribution in [0.2, 0.25) is 0 Å². The normalized spacial score (nSPS) is 10.2. The number of carbonyl (C=O) groups excluding carboxylic acids is 1. The molecule has 0 saturated heterocycles. The lowest BCUT2D eigenvalue weighted by Gasteiger charge is -2.11. The zero-order chi connectivity index (χ0) is 19.9. The number of nitrogens with zero attached hydrogens (tertiary/aromatic N) is 1. The summed E-state index contributed by atoms with van der Waals surface area (Å²) in [5.74, 6) is 0.842. The second-order valence-electron chi connectivity index (χ2n) is 6.29. The third-order valence-corrected chi connectivity index (χ3v) is 4.25. The molecular weight excluding hydrogens is 354 g/mol. The molecule has 0 bridgehead atoms. The highest BCUT2D eigenvalue weighted by Gasteiger charge is 2.11. The number of hydrogen-bond acceptors (Lipinski definition) is 5. The van der Waals surface area contributed by atoms with Crippen molar-refractivity contribution in [2.45, 2.75) is 13.5 Å². The predicted molar refractivity (Wildman–Crippen MR) is 110 cm³/mol. The van der Waals surface area contributed by atoms with E-state index in [-0.39, 0.29) is 5.91 Å². The first kappa shape index (κ1) is 19.2. The Labute approximate surface area is 164 Å². The number of amides is 1. The summed E-state index contributed by atoms with van der Waals surface area (Å²) < 4.78 is 10.5. The van der Waals surface area contributed by atoms with Crippen molar-refractivity contribution in [2.75, 3.05) is 24.9 Å². The predicted octanol–water partition coefficient (Wildman–Crippen LogP) is 4.27. The van der Waals surface area contributed by atoms with Crippen molar-refractivity contribution in [1.82, 2.24) is 4.98 Å². The van der Waals surface area contributed by atoms with Crippen LogP contribution in [0.5, 0.6) is 11.5 Å². The van der Waals surface area contributed by atoms with Crippen LogP contribution in [-0.2, 0) is 6.54 Å². The first-order valence-corrected chi connectivity index (χ1v) is 8.88. The molecular formula is C22H23N3O3. The van der Waals surface area contributed by atoms with Gasteiger partial charge in [0.15, 0.2) is 11.5 Å². The zero-order valence-electron chi connectivity index (χ0n) is 16.2. The van der Waals surface area contributed by atoms with Gasteiger partial charge in [-0.2, -0.15) is 0 Å². The lowest BCUT2D eigenvalue weighted by Crippen LogP contribution is -2.14. The summed E-state index contributed by atoms with van der Waals surface area (Å²) in [5, 5.41) is 6.14. The van der Waals surface area contributed by atoms with E-state index in [0.717, 1.165) is 5.69 Å². The summed E-state index contributed by atoms with van der Waals surface area (Å²) in [6.45, 7) is 2.73. The third kappa shape index (κ3) is 4.79. The molecule has 3 aromatic rings. The van der Waals surface area contributed by atoms with Gasteiger partial charge in [0.2, 0.25) is 0 Å². The average molecular weight is 377 g/mol. The van der Waals surface area contributed by atoms with Crippen LogP contribution < -0.4 is 20.1 Å². The van der Waals surface area contributed by atoms with E-state index >= 15 is 0 Å². The van der Waals surface area contributed by atoms with Crippen LogP contribution >= 0.6 is 0 Å². The van der Waals surface area contributed by atoms with Gasteiger partial charge in [0.25, 0.3) is 5.91 Å². The molecule has 1 aromatic heterocycles. The minimum absolute atomic E-state index is 0.300. The molecule has 0 unspecified atom stereocenters. The quantitative estimate of drug-likeness (QED) is 0.643. The molecule has 0 aliphatic rings. The first-order chi connectivity index (χ1) is 13.6. The van der Waals surface area contributed by atoms with Gasteiger partial charge in [0.1, 0.15) is 5.69 Å². The second kappa shape index (κ2) is 8.90. The van der Waals surface area contributed by atoms with Crippen molar-refractivity contribution in [3.8, 4) is 11.5 Å². The van der Waals surface area contributed by atoms with E-state index in [1.54, 1.807) is 44.7 Å². The number of nitrogens with one attached hydrogen (secondary N) is 2. The smallest absolute Gasteiger partial charge is 0.274 e. The molecule has 28 heavy (non-hydrogen) atoms.